The summed E-state index contributed by atoms with van der Waals surface area (Å²) in [4.78, 5) is 13.2. The van der Waals surface area contributed by atoms with Gasteiger partial charge in [0, 0.05) is 18.6 Å². The van der Waals surface area contributed by atoms with Crippen LogP contribution < -0.4 is 0 Å². The third-order valence-electron chi connectivity index (χ3n) is 3.36. The van der Waals surface area contributed by atoms with Gasteiger partial charge in [-0.25, -0.2) is 0 Å². The average molecular weight is 213 g/mol. The van der Waals surface area contributed by atoms with Gasteiger partial charge in [-0.1, -0.05) is 19.8 Å². The molecule has 0 aliphatic heterocycles. The summed E-state index contributed by atoms with van der Waals surface area (Å²) in [6, 6.07) is 1.07. The number of hydrogen-bond acceptors (Lipinski definition) is 2. The Hall–Kier alpha value is -0.570. The number of carboxylic acids is 1. The summed E-state index contributed by atoms with van der Waals surface area (Å²) in [6.07, 6.45) is 5.08. The summed E-state index contributed by atoms with van der Waals surface area (Å²) < 4.78 is 0. The predicted molar refractivity (Wildman–Crippen MR) is 60.9 cm³/mol. The number of aliphatic carboxylic acids is 1. The van der Waals surface area contributed by atoms with E-state index in [4.69, 9.17) is 5.11 Å². The Kier molecular flexibility index (Phi) is 4.58. The molecule has 0 radical (unpaired) electrons. The second-order valence-electron chi connectivity index (χ2n) is 4.97. The van der Waals surface area contributed by atoms with Gasteiger partial charge in [-0.15, -0.1) is 0 Å². The molecule has 0 spiro atoms. The molecule has 0 aromatic rings. The van der Waals surface area contributed by atoms with E-state index in [-0.39, 0.29) is 5.92 Å². The van der Waals surface area contributed by atoms with Crippen molar-refractivity contribution >= 4 is 5.97 Å². The van der Waals surface area contributed by atoms with Gasteiger partial charge in [0.15, 0.2) is 0 Å². The molecule has 3 nitrogen and oxygen atoms in total. The topological polar surface area (TPSA) is 40.5 Å². The zero-order valence-corrected chi connectivity index (χ0v) is 10.1. The van der Waals surface area contributed by atoms with Crippen LogP contribution in [0.4, 0.5) is 0 Å². The molecule has 0 aromatic carbocycles. The minimum atomic E-state index is -0.682. The van der Waals surface area contributed by atoms with Crippen molar-refractivity contribution in [3.8, 4) is 0 Å². The van der Waals surface area contributed by atoms with Crippen LogP contribution in [0.2, 0.25) is 0 Å². The van der Waals surface area contributed by atoms with Crippen molar-refractivity contribution in [1.29, 1.82) is 0 Å². The molecule has 0 amide bonds. The monoisotopic (exact) mass is 213 g/mol. The number of carboxylic acid groups (broad SMARTS) is 1. The van der Waals surface area contributed by atoms with E-state index in [0.29, 0.717) is 18.6 Å². The van der Waals surface area contributed by atoms with E-state index >= 15 is 0 Å². The molecule has 0 bridgehead atoms. The van der Waals surface area contributed by atoms with Crippen molar-refractivity contribution in [3.63, 3.8) is 0 Å². The number of hydrogen-bond donors (Lipinski definition) is 1. The van der Waals surface area contributed by atoms with Gasteiger partial charge in [0.25, 0.3) is 0 Å². The van der Waals surface area contributed by atoms with Crippen LogP contribution in [-0.4, -0.2) is 34.6 Å². The van der Waals surface area contributed by atoms with E-state index in [0.717, 1.165) is 0 Å². The second kappa shape index (κ2) is 5.50. The van der Waals surface area contributed by atoms with Crippen LogP contribution in [0.3, 0.4) is 0 Å². The molecular formula is C12H23NO2. The van der Waals surface area contributed by atoms with Gasteiger partial charge < -0.3 is 5.11 Å². The lowest BCUT2D eigenvalue weighted by Gasteiger charge is -2.33. The minimum Gasteiger partial charge on any atom is -0.481 e. The highest BCUT2D eigenvalue weighted by Crippen LogP contribution is 2.25. The van der Waals surface area contributed by atoms with Gasteiger partial charge >= 0.3 is 5.97 Å². The van der Waals surface area contributed by atoms with Crippen molar-refractivity contribution in [2.45, 2.75) is 58.5 Å². The third kappa shape index (κ3) is 3.49. The van der Waals surface area contributed by atoms with Crippen LogP contribution in [-0.2, 0) is 4.79 Å². The molecule has 1 aliphatic rings. The largest absolute Gasteiger partial charge is 0.481 e. The van der Waals surface area contributed by atoms with E-state index in [1.54, 1.807) is 6.92 Å². The number of rotatable bonds is 5. The highest BCUT2D eigenvalue weighted by Gasteiger charge is 2.27. The maximum absolute atomic E-state index is 10.8. The van der Waals surface area contributed by atoms with E-state index in [2.05, 4.69) is 18.7 Å². The Bertz CT molecular complexity index is 210. The third-order valence-corrected chi connectivity index (χ3v) is 3.36. The number of carbonyl (C=O) groups is 1. The van der Waals surface area contributed by atoms with E-state index < -0.39 is 5.97 Å². The van der Waals surface area contributed by atoms with E-state index in [9.17, 15) is 4.79 Å². The first-order valence-corrected chi connectivity index (χ1v) is 6.01. The Morgan fingerprint density at radius 2 is 1.87 bits per heavy atom. The summed E-state index contributed by atoms with van der Waals surface area (Å²) in [5.41, 5.74) is 0. The highest BCUT2D eigenvalue weighted by molar-refractivity contribution is 5.69. The van der Waals surface area contributed by atoms with Gasteiger partial charge in [-0.3, -0.25) is 9.69 Å². The lowest BCUT2D eigenvalue weighted by Crippen LogP contribution is -2.43. The fourth-order valence-electron chi connectivity index (χ4n) is 2.41. The molecule has 3 heteroatoms. The molecule has 1 N–H and O–H groups in total. The van der Waals surface area contributed by atoms with Crippen LogP contribution in [0.1, 0.15) is 46.5 Å². The summed E-state index contributed by atoms with van der Waals surface area (Å²) >= 11 is 0. The SMILES string of the molecule is CC(CN(C(C)C)C1CCCC1)C(=O)O. The first kappa shape index (κ1) is 12.5. The van der Waals surface area contributed by atoms with Crippen molar-refractivity contribution in [2.24, 2.45) is 5.92 Å². The van der Waals surface area contributed by atoms with Crippen LogP contribution in [0.15, 0.2) is 0 Å². The molecule has 0 heterocycles. The molecule has 88 valence electrons. The fourth-order valence-corrected chi connectivity index (χ4v) is 2.41. The molecule has 1 saturated carbocycles. The lowest BCUT2D eigenvalue weighted by atomic mass is 10.1. The molecule has 15 heavy (non-hydrogen) atoms. The van der Waals surface area contributed by atoms with Crippen LogP contribution in [0.25, 0.3) is 0 Å². The molecule has 0 saturated heterocycles. The van der Waals surface area contributed by atoms with Crippen molar-refractivity contribution in [2.75, 3.05) is 6.54 Å². The first-order chi connectivity index (χ1) is 7.02. The lowest BCUT2D eigenvalue weighted by molar-refractivity contribution is -0.142. The van der Waals surface area contributed by atoms with Crippen molar-refractivity contribution < 1.29 is 9.90 Å². The fraction of sp³-hybridized carbons (Fsp3) is 0.917. The Morgan fingerprint density at radius 3 is 2.27 bits per heavy atom. The maximum atomic E-state index is 10.8. The van der Waals surface area contributed by atoms with Gasteiger partial charge in [-0.2, -0.15) is 0 Å². The standard InChI is InChI=1S/C12H23NO2/c1-9(2)13(8-10(3)12(14)15)11-6-4-5-7-11/h9-11H,4-8H2,1-3H3,(H,14,15). The van der Waals surface area contributed by atoms with Crippen molar-refractivity contribution in [3.05, 3.63) is 0 Å². The zero-order valence-electron chi connectivity index (χ0n) is 10.1. The average Bonchev–Trinajstić information content (AvgIpc) is 2.65. The van der Waals surface area contributed by atoms with Crippen molar-refractivity contribution in [1.82, 2.24) is 4.90 Å². The quantitative estimate of drug-likeness (QED) is 0.762. The molecule has 1 fully saturated rings. The van der Waals surface area contributed by atoms with Crippen LogP contribution in [0.5, 0.6) is 0 Å². The summed E-state index contributed by atoms with van der Waals surface area (Å²) in [7, 11) is 0. The van der Waals surface area contributed by atoms with Crippen LogP contribution in [0, 0.1) is 5.92 Å². The van der Waals surface area contributed by atoms with Gasteiger partial charge in [-0.05, 0) is 26.7 Å². The van der Waals surface area contributed by atoms with Gasteiger partial charge in [0.05, 0.1) is 5.92 Å². The highest BCUT2D eigenvalue weighted by atomic mass is 16.4. The van der Waals surface area contributed by atoms with Gasteiger partial charge in [0.2, 0.25) is 0 Å². The van der Waals surface area contributed by atoms with E-state index in [1.807, 2.05) is 0 Å². The Morgan fingerprint density at radius 1 is 1.33 bits per heavy atom. The Balaban J connectivity index is 2.53. The van der Waals surface area contributed by atoms with Gasteiger partial charge in [0.1, 0.15) is 0 Å². The first-order valence-electron chi connectivity index (χ1n) is 6.01. The Labute approximate surface area is 92.5 Å². The normalized spacial score (nSPS) is 20.1. The molecule has 0 aromatic heterocycles. The maximum Gasteiger partial charge on any atom is 0.307 e. The zero-order chi connectivity index (χ0) is 11.4. The van der Waals surface area contributed by atoms with Crippen LogP contribution >= 0.6 is 0 Å². The molecule has 1 unspecified atom stereocenters. The molecular weight excluding hydrogens is 190 g/mol. The smallest absolute Gasteiger partial charge is 0.307 e. The molecule has 1 rings (SSSR count). The molecule has 1 aliphatic carbocycles. The molecule has 1 atom stereocenters. The summed E-state index contributed by atoms with van der Waals surface area (Å²) in [5.74, 6) is -0.938. The minimum absolute atomic E-state index is 0.256. The van der Waals surface area contributed by atoms with E-state index in [1.165, 1.54) is 25.7 Å². The second-order valence-corrected chi connectivity index (χ2v) is 4.97. The summed E-state index contributed by atoms with van der Waals surface area (Å²) in [6.45, 7) is 6.81. The number of nitrogens with zero attached hydrogens (tertiary/aromatic N) is 1. The predicted octanol–water partition coefficient (Wildman–Crippen LogP) is 2.36. The summed E-state index contributed by atoms with van der Waals surface area (Å²) in [5, 5.41) is 8.93.